The van der Waals surface area contributed by atoms with Gasteiger partial charge in [0.15, 0.2) is 0 Å². The fraction of sp³-hybridized carbons (Fsp3) is 0.632. The SMILES string of the molecule is COC[C@@H]1CCCC/C=C\[C@@H]2C[C@@]2(C(=O)NS(=O)(=O)C2CC2)NC(=O)[C@@H]2C[C@@H](Oc3nc4cc(OC)ccc4nc3C(F)(F)F)CN2C(=O)[C@H]1NC(=O)OC(C)(C)C(F)(F)F. The number of methoxy groups -OCH3 is 2. The number of ether oxygens (including phenoxy) is 4. The molecule has 6 rings (SSSR count). The molecule has 3 N–H and O–H groups in total. The summed E-state index contributed by atoms with van der Waals surface area (Å²) in [4.78, 5) is 64.8. The number of nitrogens with one attached hydrogen (secondary N) is 3. The molecule has 4 amide bonds. The van der Waals surface area contributed by atoms with Crippen LogP contribution in [-0.2, 0) is 40.1 Å². The standard InChI is InChI=1S/C38H46F6N6O10S/c1-35(2,38(42,43)44)60-34(54)47-28-20(19-57-3)9-7-5-6-8-10-21-17-36(21,33(53)49-61(55,56)24-12-13-24)48-30(51)27-16-23(18-50(27)32(28)52)59-31-29(37(39,40)41)45-25-14-11-22(58-4)15-26(25)46-31/h8,10-11,14-15,20-21,23-24,27-28H,5-7,9,12-13,16-19H2,1-4H3,(H,47,54)(H,48,51)(H,49,53)/b10-8-/t20-,21+,23+,27-,28-,36+/m0/s1. The van der Waals surface area contributed by atoms with E-state index >= 15 is 0 Å². The average Bonchev–Trinajstić information content (AvgIpc) is 4.09. The number of allylic oxidation sites excluding steroid dienone is 1. The molecule has 23 heteroatoms. The van der Waals surface area contributed by atoms with Crippen LogP contribution in [0.1, 0.15) is 70.9 Å². The van der Waals surface area contributed by atoms with Crippen LogP contribution in [0, 0.1) is 11.8 Å². The zero-order valence-corrected chi connectivity index (χ0v) is 34.3. The number of halogens is 6. The molecule has 16 nitrogen and oxygen atoms in total. The molecule has 1 aromatic carbocycles. The number of carbonyl (C=O) groups is 4. The Balaban J connectivity index is 1.39. The lowest BCUT2D eigenvalue weighted by molar-refractivity contribution is -0.244. The first-order valence-corrected chi connectivity index (χ1v) is 21.0. The minimum absolute atomic E-state index is 0.0339. The van der Waals surface area contributed by atoms with Crippen molar-refractivity contribution in [3.63, 3.8) is 0 Å². The molecule has 4 aliphatic rings. The van der Waals surface area contributed by atoms with Gasteiger partial charge in [-0.05, 0) is 64.5 Å². The number of fused-ring (bicyclic) bond motifs is 3. The van der Waals surface area contributed by atoms with E-state index in [1.54, 1.807) is 12.2 Å². The van der Waals surface area contributed by atoms with E-state index in [1.807, 2.05) is 0 Å². The van der Waals surface area contributed by atoms with E-state index in [1.165, 1.54) is 32.4 Å². The van der Waals surface area contributed by atoms with E-state index < -0.39 is 117 Å². The van der Waals surface area contributed by atoms with Gasteiger partial charge in [0.05, 0.1) is 36.5 Å². The fourth-order valence-electron chi connectivity index (χ4n) is 7.41. The Bertz CT molecular complexity index is 2170. The van der Waals surface area contributed by atoms with E-state index in [9.17, 15) is 53.9 Å². The molecule has 0 radical (unpaired) electrons. The number of sulfonamides is 1. The minimum Gasteiger partial charge on any atom is -0.497 e. The van der Waals surface area contributed by atoms with Crippen LogP contribution in [0.2, 0.25) is 0 Å². The van der Waals surface area contributed by atoms with Crippen LogP contribution in [-0.4, -0.2) is 115 Å². The average molecular weight is 893 g/mol. The normalized spacial score (nSPS) is 27.1. The largest absolute Gasteiger partial charge is 0.497 e. The Morgan fingerprint density at radius 3 is 2.38 bits per heavy atom. The molecular weight excluding hydrogens is 847 g/mol. The summed E-state index contributed by atoms with van der Waals surface area (Å²) >= 11 is 0. The fourth-order valence-corrected chi connectivity index (χ4v) is 8.77. The number of alkyl carbamates (subject to hydrolysis) is 1. The van der Waals surface area contributed by atoms with Crippen molar-refractivity contribution in [2.45, 2.75) is 112 Å². The van der Waals surface area contributed by atoms with Crippen molar-refractivity contribution < 1.29 is 72.9 Å². The molecule has 3 heterocycles. The van der Waals surface area contributed by atoms with Crippen molar-refractivity contribution >= 4 is 44.9 Å². The number of hydrogen-bond donors (Lipinski definition) is 3. The van der Waals surface area contributed by atoms with Crippen molar-refractivity contribution in [2.75, 3.05) is 27.4 Å². The van der Waals surface area contributed by atoms with Gasteiger partial charge in [-0.2, -0.15) is 26.3 Å². The maximum absolute atomic E-state index is 14.8. The third-order valence-electron chi connectivity index (χ3n) is 11.2. The van der Waals surface area contributed by atoms with Crippen LogP contribution >= 0.6 is 0 Å². The molecule has 0 bridgehead atoms. The van der Waals surface area contributed by atoms with Gasteiger partial charge in [0, 0.05) is 31.4 Å². The second-order valence-corrected chi connectivity index (χ2v) is 18.1. The second kappa shape index (κ2) is 17.1. The number of rotatable bonds is 10. The van der Waals surface area contributed by atoms with Gasteiger partial charge in [0.1, 0.15) is 29.5 Å². The number of benzene rings is 1. The summed E-state index contributed by atoms with van der Waals surface area (Å²) in [5, 5.41) is 4.04. The van der Waals surface area contributed by atoms with Crippen molar-refractivity contribution in [3.8, 4) is 11.6 Å². The van der Waals surface area contributed by atoms with Gasteiger partial charge in [0.25, 0.3) is 5.91 Å². The molecule has 3 fully saturated rings. The summed E-state index contributed by atoms with van der Waals surface area (Å²) < 4.78 is 133. The molecule has 0 unspecified atom stereocenters. The minimum atomic E-state index is -5.10. The zero-order valence-electron chi connectivity index (χ0n) is 33.5. The van der Waals surface area contributed by atoms with Gasteiger partial charge in [0.2, 0.25) is 39.0 Å². The highest BCUT2D eigenvalue weighted by Crippen LogP contribution is 2.46. The van der Waals surface area contributed by atoms with Gasteiger partial charge in [-0.15, -0.1) is 0 Å². The molecule has 336 valence electrons. The van der Waals surface area contributed by atoms with Gasteiger partial charge in [-0.25, -0.2) is 23.2 Å². The van der Waals surface area contributed by atoms with Crippen LogP contribution in [0.5, 0.6) is 11.6 Å². The second-order valence-electron chi connectivity index (χ2n) is 16.1. The Morgan fingerprint density at radius 2 is 1.74 bits per heavy atom. The van der Waals surface area contributed by atoms with E-state index in [4.69, 9.17) is 18.9 Å². The van der Waals surface area contributed by atoms with Crippen molar-refractivity contribution in [3.05, 3.63) is 36.0 Å². The summed E-state index contributed by atoms with van der Waals surface area (Å²) in [6, 6.07) is 0.558. The molecule has 1 saturated heterocycles. The number of alkyl halides is 6. The molecule has 61 heavy (non-hydrogen) atoms. The third kappa shape index (κ3) is 10.1. The van der Waals surface area contributed by atoms with E-state index in [-0.39, 0.29) is 36.2 Å². The molecule has 2 aliphatic heterocycles. The lowest BCUT2D eigenvalue weighted by Gasteiger charge is -2.34. The molecule has 2 saturated carbocycles. The smallest absolute Gasteiger partial charge is 0.438 e. The topological polar surface area (TPSA) is 204 Å². The van der Waals surface area contributed by atoms with Crippen molar-refractivity contribution in [2.24, 2.45) is 11.8 Å². The Kier molecular flexibility index (Phi) is 12.8. The van der Waals surface area contributed by atoms with Gasteiger partial charge < -0.3 is 34.5 Å². The lowest BCUT2D eigenvalue weighted by atomic mass is 9.92. The first kappa shape index (κ1) is 45.6. The van der Waals surface area contributed by atoms with Crippen LogP contribution in [0.15, 0.2) is 30.4 Å². The van der Waals surface area contributed by atoms with Crippen LogP contribution in [0.4, 0.5) is 31.1 Å². The zero-order chi connectivity index (χ0) is 44.7. The molecular formula is C38H46F6N6O10S. The molecule has 6 atom stereocenters. The van der Waals surface area contributed by atoms with Crippen LogP contribution < -0.4 is 24.8 Å². The van der Waals surface area contributed by atoms with Gasteiger partial charge >= 0.3 is 18.4 Å². The predicted molar refractivity (Wildman–Crippen MR) is 201 cm³/mol. The highest BCUT2D eigenvalue weighted by molar-refractivity contribution is 7.91. The van der Waals surface area contributed by atoms with Gasteiger partial charge in [-0.1, -0.05) is 18.6 Å². The quantitative estimate of drug-likeness (QED) is 0.226. The number of amides is 4. The number of nitrogens with zero attached hydrogens (tertiary/aromatic N) is 3. The molecule has 2 aromatic rings. The maximum Gasteiger partial charge on any atom is 0.438 e. The first-order valence-electron chi connectivity index (χ1n) is 19.5. The molecule has 2 aliphatic carbocycles. The summed E-state index contributed by atoms with van der Waals surface area (Å²) in [5.41, 5.74) is -6.56. The Labute approximate surface area is 346 Å². The predicted octanol–water partition coefficient (Wildman–Crippen LogP) is 4.32. The summed E-state index contributed by atoms with van der Waals surface area (Å²) in [6.45, 7) is 0.348. The molecule has 0 spiro atoms. The third-order valence-corrected chi connectivity index (χ3v) is 13.0. The summed E-state index contributed by atoms with van der Waals surface area (Å²) in [5.74, 6) is -5.51. The maximum atomic E-state index is 14.8. The Hall–Kier alpha value is -4.93. The van der Waals surface area contributed by atoms with Gasteiger partial charge in [-0.3, -0.25) is 19.1 Å². The van der Waals surface area contributed by atoms with E-state index in [0.717, 1.165) is 4.90 Å². The van der Waals surface area contributed by atoms with E-state index in [2.05, 4.69) is 25.3 Å². The highest BCUT2D eigenvalue weighted by Gasteiger charge is 2.62. The number of aromatic nitrogens is 2. The molecule has 1 aromatic heterocycles. The lowest BCUT2D eigenvalue weighted by Crippen LogP contribution is -2.60. The van der Waals surface area contributed by atoms with E-state index in [0.29, 0.717) is 46.0 Å². The highest BCUT2D eigenvalue weighted by atomic mass is 32.2. The monoisotopic (exact) mass is 892 g/mol. The Morgan fingerprint density at radius 1 is 1.02 bits per heavy atom. The summed E-state index contributed by atoms with van der Waals surface area (Å²) in [6.07, 6.45) is -8.23. The summed E-state index contributed by atoms with van der Waals surface area (Å²) in [7, 11) is -1.48. The van der Waals surface area contributed by atoms with Crippen molar-refractivity contribution in [1.29, 1.82) is 0 Å². The number of carbonyl (C=O) groups excluding carboxylic acids is 4. The van der Waals surface area contributed by atoms with Crippen LogP contribution in [0.3, 0.4) is 0 Å². The van der Waals surface area contributed by atoms with Crippen LogP contribution in [0.25, 0.3) is 11.0 Å². The number of hydrogen-bond acceptors (Lipinski definition) is 12. The first-order chi connectivity index (χ1) is 28.5. The van der Waals surface area contributed by atoms with Crippen molar-refractivity contribution in [1.82, 2.24) is 30.2 Å².